The van der Waals surface area contributed by atoms with E-state index in [1.54, 1.807) is 0 Å². The molecule has 0 amide bonds. The fourth-order valence-electron chi connectivity index (χ4n) is 1.05. The van der Waals surface area contributed by atoms with Crippen molar-refractivity contribution >= 4 is 31.9 Å². The molecule has 1 nitrogen and oxygen atoms in total. The molecule has 1 aromatic rings. The topological polar surface area (TPSA) is 26.0 Å². The van der Waals surface area contributed by atoms with Gasteiger partial charge in [-0.15, -0.1) is 0 Å². The average Bonchev–Trinajstić information content (AvgIpc) is 1.97. The van der Waals surface area contributed by atoms with Crippen LogP contribution in [-0.4, -0.2) is 6.04 Å². The van der Waals surface area contributed by atoms with Gasteiger partial charge >= 0.3 is 0 Å². The van der Waals surface area contributed by atoms with E-state index in [1.807, 2.05) is 25.1 Å². The Kier molecular flexibility index (Phi) is 3.75. The minimum absolute atomic E-state index is 0.194. The highest BCUT2D eigenvalue weighted by atomic mass is 79.9. The predicted octanol–water partition coefficient (Wildman–Crippen LogP) is 3.10. The molecule has 0 unspecified atom stereocenters. The molecule has 0 saturated carbocycles. The van der Waals surface area contributed by atoms with Crippen LogP contribution in [0.4, 0.5) is 0 Å². The largest absolute Gasteiger partial charge is 0.328 e. The average molecular weight is 293 g/mol. The molecule has 66 valence electrons. The molecule has 0 heterocycles. The summed E-state index contributed by atoms with van der Waals surface area (Å²) in [6.45, 7) is 2.01. The zero-order chi connectivity index (χ0) is 9.14. The van der Waals surface area contributed by atoms with Gasteiger partial charge < -0.3 is 5.73 Å². The Balaban J connectivity index is 2.96. The molecule has 0 bridgehead atoms. The molecule has 0 aliphatic rings. The maximum atomic E-state index is 5.72. The van der Waals surface area contributed by atoms with Gasteiger partial charge in [0.25, 0.3) is 0 Å². The zero-order valence-corrected chi connectivity index (χ0v) is 10.0. The van der Waals surface area contributed by atoms with Crippen LogP contribution in [0.1, 0.15) is 12.5 Å². The Morgan fingerprint density at radius 2 is 1.83 bits per heavy atom. The highest BCUT2D eigenvalue weighted by molar-refractivity contribution is 9.11. The predicted molar refractivity (Wildman–Crippen MR) is 59.2 cm³/mol. The van der Waals surface area contributed by atoms with Gasteiger partial charge in [-0.25, -0.2) is 0 Å². The van der Waals surface area contributed by atoms with Crippen LogP contribution in [0.15, 0.2) is 27.1 Å². The van der Waals surface area contributed by atoms with Crippen molar-refractivity contribution in [3.05, 3.63) is 32.7 Å². The van der Waals surface area contributed by atoms with E-state index in [9.17, 15) is 0 Å². The Morgan fingerprint density at radius 3 is 2.25 bits per heavy atom. The van der Waals surface area contributed by atoms with Gasteiger partial charge in [0, 0.05) is 15.0 Å². The van der Waals surface area contributed by atoms with Crippen LogP contribution in [0.3, 0.4) is 0 Å². The fraction of sp³-hybridized carbons (Fsp3) is 0.333. The third-order valence-corrected chi connectivity index (χ3v) is 3.07. The van der Waals surface area contributed by atoms with Gasteiger partial charge in [0.1, 0.15) is 0 Å². The molecule has 1 aromatic carbocycles. The van der Waals surface area contributed by atoms with E-state index in [0.717, 1.165) is 15.4 Å². The van der Waals surface area contributed by atoms with Crippen LogP contribution in [0.25, 0.3) is 0 Å². The van der Waals surface area contributed by atoms with Crippen molar-refractivity contribution in [2.45, 2.75) is 19.4 Å². The van der Waals surface area contributed by atoms with Crippen LogP contribution >= 0.6 is 31.9 Å². The third kappa shape index (κ3) is 2.57. The van der Waals surface area contributed by atoms with Gasteiger partial charge in [-0.3, -0.25) is 0 Å². The van der Waals surface area contributed by atoms with Gasteiger partial charge in [0.2, 0.25) is 0 Å². The molecule has 3 heteroatoms. The van der Waals surface area contributed by atoms with Crippen LogP contribution < -0.4 is 5.73 Å². The number of halogens is 2. The van der Waals surface area contributed by atoms with Crippen LogP contribution in [0, 0.1) is 0 Å². The molecule has 0 saturated heterocycles. The van der Waals surface area contributed by atoms with E-state index in [2.05, 4.69) is 31.9 Å². The first-order chi connectivity index (χ1) is 5.61. The van der Waals surface area contributed by atoms with E-state index < -0.39 is 0 Å². The summed E-state index contributed by atoms with van der Waals surface area (Å²) in [6.07, 6.45) is 0.891. The van der Waals surface area contributed by atoms with Crippen LogP contribution in [0.5, 0.6) is 0 Å². The molecule has 0 spiro atoms. The van der Waals surface area contributed by atoms with Gasteiger partial charge in [0.15, 0.2) is 0 Å². The standard InChI is InChI=1S/C9H11Br2N/c1-6(12)5-7-8(10)3-2-4-9(7)11/h2-4,6H,5,12H2,1H3/t6-/m1/s1. The first kappa shape index (κ1) is 10.2. The highest BCUT2D eigenvalue weighted by Crippen LogP contribution is 2.25. The smallest absolute Gasteiger partial charge is 0.0219 e. The molecule has 0 aliphatic heterocycles. The zero-order valence-electron chi connectivity index (χ0n) is 6.85. The lowest BCUT2D eigenvalue weighted by Gasteiger charge is -2.09. The molecule has 0 aliphatic carbocycles. The molecule has 0 aromatic heterocycles. The van der Waals surface area contributed by atoms with E-state index in [0.29, 0.717) is 0 Å². The number of hydrogen-bond donors (Lipinski definition) is 1. The molecular weight excluding hydrogens is 282 g/mol. The lowest BCUT2D eigenvalue weighted by Crippen LogP contribution is -2.18. The quantitative estimate of drug-likeness (QED) is 0.891. The summed E-state index contributed by atoms with van der Waals surface area (Å²) in [5.41, 5.74) is 6.96. The van der Waals surface area contributed by atoms with Crippen molar-refractivity contribution in [2.75, 3.05) is 0 Å². The summed E-state index contributed by atoms with van der Waals surface area (Å²) < 4.78 is 2.24. The van der Waals surface area contributed by atoms with Crippen molar-refractivity contribution in [1.29, 1.82) is 0 Å². The van der Waals surface area contributed by atoms with Crippen molar-refractivity contribution in [3.63, 3.8) is 0 Å². The van der Waals surface area contributed by atoms with Crippen LogP contribution in [0.2, 0.25) is 0 Å². The van der Waals surface area contributed by atoms with Crippen molar-refractivity contribution in [3.8, 4) is 0 Å². The number of benzene rings is 1. The fourth-order valence-corrected chi connectivity index (χ4v) is 2.37. The highest BCUT2D eigenvalue weighted by Gasteiger charge is 2.05. The summed E-state index contributed by atoms with van der Waals surface area (Å²) in [5.74, 6) is 0. The first-order valence-corrected chi connectivity index (χ1v) is 5.38. The maximum Gasteiger partial charge on any atom is 0.0219 e. The second-order valence-electron chi connectivity index (χ2n) is 2.88. The van der Waals surface area contributed by atoms with E-state index >= 15 is 0 Å². The summed E-state index contributed by atoms with van der Waals surface area (Å²) in [5, 5.41) is 0. The molecule has 0 radical (unpaired) electrons. The molecule has 1 rings (SSSR count). The number of rotatable bonds is 2. The van der Waals surface area contributed by atoms with Gasteiger partial charge in [0.05, 0.1) is 0 Å². The van der Waals surface area contributed by atoms with E-state index in [4.69, 9.17) is 5.73 Å². The summed E-state index contributed by atoms with van der Waals surface area (Å²) >= 11 is 6.98. The number of hydrogen-bond acceptors (Lipinski definition) is 1. The Bertz CT molecular complexity index is 251. The number of nitrogens with two attached hydrogens (primary N) is 1. The van der Waals surface area contributed by atoms with Crippen molar-refractivity contribution in [1.82, 2.24) is 0 Å². The van der Waals surface area contributed by atoms with Crippen LogP contribution in [-0.2, 0) is 6.42 Å². The second kappa shape index (κ2) is 4.40. The molecule has 0 fully saturated rings. The normalized spacial score (nSPS) is 13.0. The van der Waals surface area contributed by atoms with Crippen molar-refractivity contribution in [2.24, 2.45) is 5.73 Å². The lowest BCUT2D eigenvalue weighted by molar-refractivity contribution is 0.734. The Morgan fingerprint density at radius 1 is 1.33 bits per heavy atom. The third-order valence-electron chi connectivity index (χ3n) is 1.59. The second-order valence-corrected chi connectivity index (χ2v) is 4.59. The summed E-state index contributed by atoms with van der Waals surface area (Å²) in [6, 6.07) is 6.25. The molecule has 12 heavy (non-hydrogen) atoms. The SMILES string of the molecule is C[C@@H](N)Cc1c(Br)cccc1Br. The minimum atomic E-state index is 0.194. The Labute approximate surface area is 89.6 Å². The molecule has 1 atom stereocenters. The van der Waals surface area contributed by atoms with Gasteiger partial charge in [-0.1, -0.05) is 37.9 Å². The maximum absolute atomic E-state index is 5.72. The van der Waals surface area contributed by atoms with Crippen molar-refractivity contribution < 1.29 is 0 Å². The van der Waals surface area contributed by atoms with E-state index in [-0.39, 0.29) is 6.04 Å². The van der Waals surface area contributed by atoms with Gasteiger partial charge in [-0.2, -0.15) is 0 Å². The first-order valence-electron chi connectivity index (χ1n) is 3.79. The summed E-state index contributed by atoms with van der Waals surface area (Å²) in [7, 11) is 0. The van der Waals surface area contributed by atoms with Gasteiger partial charge in [-0.05, 0) is 31.0 Å². The molecular formula is C9H11Br2N. The lowest BCUT2D eigenvalue weighted by atomic mass is 10.1. The van der Waals surface area contributed by atoms with E-state index in [1.165, 1.54) is 5.56 Å². The summed E-state index contributed by atoms with van der Waals surface area (Å²) in [4.78, 5) is 0. The minimum Gasteiger partial charge on any atom is -0.328 e. The molecule has 2 N–H and O–H groups in total. The monoisotopic (exact) mass is 291 g/mol. The Hall–Kier alpha value is 0.140.